The number of benzene rings is 2. The van der Waals surface area contributed by atoms with Gasteiger partial charge in [-0.15, -0.1) is 11.8 Å². The summed E-state index contributed by atoms with van der Waals surface area (Å²) in [5.74, 6) is -0.421. The van der Waals surface area contributed by atoms with Crippen LogP contribution < -0.4 is 4.31 Å². The Bertz CT molecular complexity index is 922. The van der Waals surface area contributed by atoms with Gasteiger partial charge in [0.1, 0.15) is 0 Å². The maximum Gasteiger partial charge on any atom is 0.339 e. The summed E-state index contributed by atoms with van der Waals surface area (Å²) in [6, 6.07) is 12.1. The average Bonchev–Trinajstić information content (AvgIpc) is 2.70. The number of esters is 1. The van der Waals surface area contributed by atoms with Crippen LogP contribution in [0.15, 0.2) is 52.3 Å². The maximum absolute atomic E-state index is 13.5. The van der Waals surface area contributed by atoms with E-state index in [1.54, 1.807) is 12.1 Å². The van der Waals surface area contributed by atoms with Crippen LogP contribution in [-0.2, 0) is 21.2 Å². The van der Waals surface area contributed by atoms with Crippen LogP contribution >= 0.6 is 11.8 Å². The molecule has 28 heavy (non-hydrogen) atoms. The predicted octanol–water partition coefficient (Wildman–Crippen LogP) is 4.61. The Morgan fingerprint density at radius 3 is 2.29 bits per heavy atom. The molecule has 0 saturated carbocycles. The average molecular weight is 422 g/mol. The highest BCUT2D eigenvalue weighted by molar-refractivity contribution is 7.98. The first-order chi connectivity index (χ1) is 13.2. The fourth-order valence-electron chi connectivity index (χ4n) is 2.82. The lowest BCUT2D eigenvalue weighted by Crippen LogP contribution is -2.34. The third-order valence-corrected chi connectivity index (χ3v) is 6.91. The molecule has 0 N–H and O–H groups in total. The van der Waals surface area contributed by atoms with E-state index in [1.165, 1.54) is 29.2 Å². The van der Waals surface area contributed by atoms with Crippen LogP contribution in [0.2, 0.25) is 0 Å². The van der Waals surface area contributed by atoms with Crippen molar-refractivity contribution in [1.82, 2.24) is 0 Å². The number of nitrogens with zero attached hydrogens (tertiary/aromatic N) is 1. The van der Waals surface area contributed by atoms with Crippen LogP contribution in [0.5, 0.6) is 0 Å². The largest absolute Gasteiger partial charge is 0.465 e. The van der Waals surface area contributed by atoms with E-state index in [9.17, 15) is 13.2 Å². The molecule has 0 aliphatic heterocycles. The van der Waals surface area contributed by atoms with Gasteiger partial charge in [-0.1, -0.05) is 32.9 Å². The molecule has 0 amide bonds. The lowest BCUT2D eigenvalue weighted by Gasteiger charge is -2.26. The molecule has 0 fully saturated rings. The van der Waals surface area contributed by atoms with Crippen molar-refractivity contribution in [3.05, 3.63) is 53.6 Å². The van der Waals surface area contributed by atoms with E-state index in [1.807, 2.05) is 44.4 Å². The Kier molecular flexibility index (Phi) is 7.55. The van der Waals surface area contributed by atoms with E-state index >= 15 is 0 Å². The van der Waals surface area contributed by atoms with Crippen molar-refractivity contribution >= 4 is 33.4 Å². The highest BCUT2D eigenvalue weighted by Crippen LogP contribution is 2.29. The minimum Gasteiger partial charge on any atom is -0.465 e. The molecule has 7 heteroatoms. The van der Waals surface area contributed by atoms with Gasteiger partial charge in [-0.05, 0) is 54.5 Å². The molecule has 0 unspecified atom stereocenters. The quantitative estimate of drug-likeness (QED) is 0.460. The summed E-state index contributed by atoms with van der Waals surface area (Å²) >= 11 is 1.37. The van der Waals surface area contributed by atoms with Gasteiger partial charge in [0.15, 0.2) is 0 Å². The number of anilines is 1. The molecule has 2 rings (SSSR count). The van der Waals surface area contributed by atoms with E-state index in [2.05, 4.69) is 6.92 Å². The summed E-state index contributed by atoms with van der Waals surface area (Å²) in [6.07, 6.45) is 2.71. The summed E-state index contributed by atoms with van der Waals surface area (Å²) in [6.45, 7) is 6.34. The number of thioether (sulfide) groups is 1. The van der Waals surface area contributed by atoms with E-state index in [0.717, 1.165) is 12.0 Å². The van der Waals surface area contributed by atoms with Crippen LogP contribution in [0.25, 0.3) is 0 Å². The first kappa shape index (κ1) is 22.3. The zero-order valence-electron chi connectivity index (χ0n) is 16.9. The van der Waals surface area contributed by atoms with Crippen molar-refractivity contribution in [2.24, 2.45) is 5.92 Å². The number of methoxy groups -OCH3 is 1. The lowest BCUT2D eigenvalue weighted by molar-refractivity contribution is 0.0596. The standard InChI is InChI=1S/C21H27NO4S2/c1-6-16-7-9-17(10-8-16)22(14-15(2)3)28(24,25)18-11-12-20(27-5)19(13-18)21(23)26-4/h7-13,15H,6,14H2,1-5H3. The molecule has 0 aliphatic rings. The molecular weight excluding hydrogens is 394 g/mol. The first-order valence-corrected chi connectivity index (χ1v) is 11.8. The molecule has 0 aromatic heterocycles. The number of rotatable bonds is 8. The monoisotopic (exact) mass is 421 g/mol. The minimum atomic E-state index is -3.84. The van der Waals surface area contributed by atoms with Gasteiger partial charge in [0, 0.05) is 11.4 Å². The fraction of sp³-hybridized carbons (Fsp3) is 0.381. The highest BCUT2D eigenvalue weighted by atomic mass is 32.2. The van der Waals surface area contributed by atoms with Gasteiger partial charge in [-0.25, -0.2) is 13.2 Å². The fourth-order valence-corrected chi connectivity index (χ4v) is 5.04. The zero-order valence-corrected chi connectivity index (χ0v) is 18.6. The number of carbonyl (C=O) groups is 1. The van der Waals surface area contributed by atoms with Crippen molar-refractivity contribution in [1.29, 1.82) is 0 Å². The second-order valence-electron chi connectivity index (χ2n) is 6.80. The van der Waals surface area contributed by atoms with Crippen LogP contribution in [0.4, 0.5) is 5.69 Å². The lowest BCUT2D eigenvalue weighted by atomic mass is 10.1. The Balaban J connectivity index is 2.57. The first-order valence-electron chi connectivity index (χ1n) is 9.12. The van der Waals surface area contributed by atoms with E-state index in [0.29, 0.717) is 17.1 Å². The molecule has 0 aliphatic carbocycles. The highest BCUT2D eigenvalue weighted by Gasteiger charge is 2.27. The zero-order chi connectivity index (χ0) is 20.9. The maximum atomic E-state index is 13.5. The number of sulfonamides is 1. The number of aryl methyl sites for hydroxylation is 1. The molecule has 2 aromatic rings. The second-order valence-corrected chi connectivity index (χ2v) is 9.51. The minimum absolute atomic E-state index is 0.0749. The molecule has 0 bridgehead atoms. The number of ether oxygens (including phenoxy) is 1. The van der Waals surface area contributed by atoms with Crippen molar-refractivity contribution < 1.29 is 17.9 Å². The molecule has 0 atom stereocenters. The third kappa shape index (κ3) is 4.89. The molecule has 2 aromatic carbocycles. The van der Waals surface area contributed by atoms with E-state index < -0.39 is 16.0 Å². The van der Waals surface area contributed by atoms with Crippen LogP contribution in [0, 0.1) is 5.92 Å². The Labute approximate surface area is 172 Å². The van der Waals surface area contributed by atoms with Gasteiger partial charge in [0.05, 0.1) is 23.3 Å². The SMILES string of the molecule is CCc1ccc(N(CC(C)C)S(=O)(=O)c2ccc(SC)c(C(=O)OC)c2)cc1. The van der Waals surface area contributed by atoms with Gasteiger partial charge in [0.25, 0.3) is 10.0 Å². The number of hydrogen-bond acceptors (Lipinski definition) is 5. The smallest absolute Gasteiger partial charge is 0.339 e. The Morgan fingerprint density at radius 1 is 1.14 bits per heavy atom. The normalized spacial score (nSPS) is 11.5. The molecular formula is C21H27NO4S2. The topological polar surface area (TPSA) is 63.7 Å². The summed E-state index contributed by atoms with van der Waals surface area (Å²) in [5, 5.41) is 0. The molecule has 0 radical (unpaired) electrons. The molecule has 152 valence electrons. The molecule has 0 saturated heterocycles. The van der Waals surface area contributed by atoms with E-state index in [-0.39, 0.29) is 16.4 Å². The van der Waals surface area contributed by atoms with Crippen molar-refractivity contribution in [2.75, 3.05) is 24.2 Å². The Morgan fingerprint density at radius 2 is 1.79 bits per heavy atom. The third-order valence-electron chi connectivity index (χ3n) is 4.33. The number of hydrogen-bond donors (Lipinski definition) is 0. The van der Waals surface area contributed by atoms with Gasteiger partial charge < -0.3 is 4.74 Å². The van der Waals surface area contributed by atoms with Crippen LogP contribution in [-0.4, -0.2) is 34.3 Å². The molecule has 0 spiro atoms. The van der Waals surface area contributed by atoms with Gasteiger partial charge in [-0.3, -0.25) is 4.31 Å². The second kappa shape index (κ2) is 9.47. The summed E-state index contributed by atoms with van der Waals surface area (Å²) in [5.41, 5.74) is 2.00. The summed E-state index contributed by atoms with van der Waals surface area (Å²) < 4.78 is 33.1. The van der Waals surface area contributed by atoms with Crippen molar-refractivity contribution in [2.45, 2.75) is 37.0 Å². The molecule has 0 heterocycles. The molecule has 5 nitrogen and oxygen atoms in total. The van der Waals surface area contributed by atoms with Crippen LogP contribution in [0.1, 0.15) is 36.7 Å². The van der Waals surface area contributed by atoms with Gasteiger partial charge in [-0.2, -0.15) is 0 Å². The number of carbonyl (C=O) groups excluding carboxylic acids is 1. The van der Waals surface area contributed by atoms with Crippen molar-refractivity contribution in [3.8, 4) is 0 Å². The van der Waals surface area contributed by atoms with Crippen molar-refractivity contribution in [3.63, 3.8) is 0 Å². The van der Waals surface area contributed by atoms with Gasteiger partial charge >= 0.3 is 5.97 Å². The predicted molar refractivity (Wildman–Crippen MR) is 115 cm³/mol. The van der Waals surface area contributed by atoms with Gasteiger partial charge in [0.2, 0.25) is 0 Å². The summed E-state index contributed by atoms with van der Waals surface area (Å²) in [7, 11) is -2.56. The Hall–Kier alpha value is -1.99. The van der Waals surface area contributed by atoms with E-state index in [4.69, 9.17) is 4.74 Å². The van der Waals surface area contributed by atoms with Crippen LogP contribution in [0.3, 0.4) is 0 Å². The summed E-state index contributed by atoms with van der Waals surface area (Å²) in [4.78, 5) is 12.9.